The van der Waals surface area contributed by atoms with Gasteiger partial charge in [-0.2, -0.15) is 0 Å². The van der Waals surface area contributed by atoms with Crippen LogP contribution in [0.25, 0.3) is 0 Å². The van der Waals surface area contributed by atoms with Gasteiger partial charge in [-0.05, 0) is 18.6 Å². The van der Waals surface area contributed by atoms with Gasteiger partial charge in [0.15, 0.2) is 0 Å². The van der Waals surface area contributed by atoms with Gasteiger partial charge < -0.3 is 15.9 Å². The van der Waals surface area contributed by atoms with E-state index in [0.717, 1.165) is 5.56 Å². The van der Waals surface area contributed by atoms with Gasteiger partial charge in [-0.25, -0.2) is 0 Å². The number of nitrogens with zero attached hydrogens (tertiary/aromatic N) is 1. The second-order valence-corrected chi connectivity index (χ2v) is 3.02. The van der Waals surface area contributed by atoms with Crippen molar-refractivity contribution in [1.29, 1.82) is 0 Å². The second kappa shape index (κ2) is 4.32. The van der Waals surface area contributed by atoms with E-state index in [1.165, 1.54) is 0 Å². The summed E-state index contributed by atoms with van der Waals surface area (Å²) in [5, 5.41) is 17.9. The first-order chi connectivity index (χ1) is 6.15. The molecule has 0 bridgehead atoms. The minimum absolute atomic E-state index is 0.0306. The van der Waals surface area contributed by atoms with Crippen LogP contribution >= 0.6 is 0 Å². The van der Waals surface area contributed by atoms with Gasteiger partial charge in [-0.3, -0.25) is 4.98 Å². The summed E-state index contributed by atoms with van der Waals surface area (Å²) in [5.74, 6) is 0. The molecule has 0 aliphatic heterocycles. The van der Waals surface area contributed by atoms with E-state index in [0.29, 0.717) is 5.69 Å². The van der Waals surface area contributed by atoms with Crippen molar-refractivity contribution in [2.75, 3.05) is 0 Å². The normalized spacial score (nSPS) is 15.4. The summed E-state index contributed by atoms with van der Waals surface area (Å²) >= 11 is 0. The number of rotatable bonds is 3. The van der Waals surface area contributed by atoms with Crippen LogP contribution in [0.2, 0.25) is 0 Å². The number of aliphatic hydroxyl groups excluding tert-OH is 2. The van der Waals surface area contributed by atoms with Crippen molar-refractivity contribution in [3.63, 3.8) is 0 Å². The predicted octanol–water partition coefficient (Wildman–Crippen LogP) is -0.0455. The summed E-state index contributed by atoms with van der Waals surface area (Å²) in [6, 6.07) is 2.99. The van der Waals surface area contributed by atoms with Crippen LogP contribution in [-0.2, 0) is 6.61 Å². The fraction of sp³-hybridized carbons (Fsp3) is 0.444. The number of pyridine rings is 1. The zero-order valence-electron chi connectivity index (χ0n) is 7.51. The molecule has 0 aliphatic rings. The lowest BCUT2D eigenvalue weighted by atomic mass is 10.1. The molecular formula is C9H14N2O2. The fourth-order valence-corrected chi connectivity index (χ4v) is 0.974. The smallest absolute Gasteiger partial charge is 0.0730 e. The highest BCUT2D eigenvalue weighted by molar-refractivity contribution is 5.16. The van der Waals surface area contributed by atoms with Gasteiger partial charge in [-0.1, -0.05) is 6.07 Å². The molecule has 0 aliphatic carbocycles. The van der Waals surface area contributed by atoms with Gasteiger partial charge >= 0.3 is 0 Å². The van der Waals surface area contributed by atoms with Crippen LogP contribution in [0.3, 0.4) is 0 Å². The third-order valence-corrected chi connectivity index (χ3v) is 1.89. The largest absolute Gasteiger partial charge is 0.392 e. The van der Waals surface area contributed by atoms with Crippen LogP contribution < -0.4 is 5.73 Å². The number of hydrogen-bond acceptors (Lipinski definition) is 4. The molecule has 1 unspecified atom stereocenters. The Morgan fingerprint density at radius 2 is 2.23 bits per heavy atom. The van der Waals surface area contributed by atoms with Crippen LogP contribution in [0.1, 0.15) is 24.2 Å². The van der Waals surface area contributed by atoms with Crippen molar-refractivity contribution in [1.82, 2.24) is 4.98 Å². The number of aromatic nitrogens is 1. The molecule has 0 radical (unpaired) electrons. The Morgan fingerprint density at radius 1 is 1.54 bits per heavy atom. The van der Waals surface area contributed by atoms with Crippen molar-refractivity contribution < 1.29 is 10.2 Å². The summed E-state index contributed by atoms with van der Waals surface area (Å²) in [7, 11) is 0. The van der Waals surface area contributed by atoms with E-state index < -0.39 is 12.1 Å². The Kier molecular flexibility index (Phi) is 3.36. The highest BCUT2D eigenvalue weighted by Gasteiger charge is 2.12. The number of aliphatic hydroxyl groups is 2. The van der Waals surface area contributed by atoms with Crippen molar-refractivity contribution in [3.8, 4) is 0 Å². The Morgan fingerprint density at radius 3 is 2.62 bits per heavy atom. The van der Waals surface area contributed by atoms with Crippen LogP contribution in [0.15, 0.2) is 18.3 Å². The molecule has 1 heterocycles. The fourth-order valence-electron chi connectivity index (χ4n) is 0.974. The second-order valence-electron chi connectivity index (χ2n) is 3.02. The lowest BCUT2D eigenvalue weighted by Crippen LogP contribution is -2.24. The summed E-state index contributed by atoms with van der Waals surface area (Å²) < 4.78 is 0. The molecule has 1 rings (SSSR count). The van der Waals surface area contributed by atoms with Crippen molar-refractivity contribution in [2.45, 2.75) is 25.7 Å². The van der Waals surface area contributed by atoms with E-state index in [1.54, 1.807) is 25.3 Å². The van der Waals surface area contributed by atoms with Crippen LogP contribution in [0.4, 0.5) is 0 Å². The highest BCUT2D eigenvalue weighted by atomic mass is 16.3. The maximum Gasteiger partial charge on any atom is 0.0730 e. The van der Waals surface area contributed by atoms with Crippen molar-refractivity contribution in [2.24, 2.45) is 5.73 Å². The maximum absolute atomic E-state index is 9.19. The molecule has 0 fully saturated rings. The van der Waals surface area contributed by atoms with E-state index in [-0.39, 0.29) is 6.61 Å². The minimum atomic E-state index is -0.618. The zero-order valence-corrected chi connectivity index (χ0v) is 7.51. The summed E-state index contributed by atoms with van der Waals surface area (Å²) in [4.78, 5) is 4.03. The Bertz CT molecular complexity index is 259. The van der Waals surface area contributed by atoms with Gasteiger partial charge in [0.25, 0.3) is 0 Å². The quantitative estimate of drug-likeness (QED) is 0.612. The lowest BCUT2D eigenvalue weighted by Gasteiger charge is -2.13. The molecule has 0 spiro atoms. The average molecular weight is 182 g/mol. The summed E-state index contributed by atoms with van der Waals surface area (Å²) in [6.45, 7) is 1.59. The van der Waals surface area contributed by atoms with Gasteiger partial charge in [-0.15, -0.1) is 0 Å². The monoisotopic (exact) mass is 182 g/mol. The molecule has 1 aromatic heterocycles. The Balaban J connectivity index is 2.79. The molecule has 13 heavy (non-hydrogen) atoms. The van der Waals surface area contributed by atoms with Crippen molar-refractivity contribution in [3.05, 3.63) is 29.6 Å². The van der Waals surface area contributed by atoms with Gasteiger partial charge in [0.2, 0.25) is 0 Å². The summed E-state index contributed by atoms with van der Waals surface area (Å²) in [5.41, 5.74) is 7.02. The molecule has 0 saturated carbocycles. The average Bonchev–Trinajstić information content (AvgIpc) is 2.17. The predicted molar refractivity (Wildman–Crippen MR) is 48.8 cm³/mol. The standard InChI is InChI=1S/C9H14N2O2/c1-6(13)9(10)8-3-2-7(5-12)4-11-8/h2-4,6,9,12-13H,5,10H2,1H3/t6?,9-/m0/s1. The zero-order chi connectivity index (χ0) is 9.84. The molecule has 4 nitrogen and oxygen atoms in total. The van der Waals surface area contributed by atoms with E-state index in [4.69, 9.17) is 10.8 Å². The molecule has 2 atom stereocenters. The van der Waals surface area contributed by atoms with E-state index >= 15 is 0 Å². The molecule has 0 amide bonds. The third kappa shape index (κ3) is 2.48. The lowest BCUT2D eigenvalue weighted by molar-refractivity contribution is 0.162. The Labute approximate surface area is 77.0 Å². The van der Waals surface area contributed by atoms with E-state index in [9.17, 15) is 5.11 Å². The SMILES string of the molecule is CC(O)[C@H](N)c1ccc(CO)cn1. The summed E-state index contributed by atoms with van der Waals surface area (Å²) in [6.07, 6.45) is 0.935. The van der Waals surface area contributed by atoms with Gasteiger partial charge in [0.1, 0.15) is 0 Å². The van der Waals surface area contributed by atoms with E-state index in [1.807, 2.05) is 0 Å². The minimum Gasteiger partial charge on any atom is -0.392 e. The molecule has 0 aromatic carbocycles. The third-order valence-electron chi connectivity index (χ3n) is 1.89. The molecule has 4 heteroatoms. The Hall–Kier alpha value is -0.970. The number of hydrogen-bond donors (Lipinski definition) is 3. The van der Waals surface area contributed by atoms with Crippen LogP contribution in [-0.4, -0.2) is 21.3 Å². The van der Waals surface area contributed by atoms with Gasteiger partial charge in [0.05, 0.1) is 24.4 Å². The molecule has 1 aromatic rings. The van der Waals surface area contributed by atoms with Crippen LogP contribution in [0, 0.1) is 0 Å². The molecule has 4 N–H and O–H groups in total. The molecular weight excluding hydrogens is 168 g/mol. The first-order valence-corrected chi connectivity index (χ1v) is 4.14. The highest BCUT2D eigenvalue weighted by Crippen LogP contribution is 2.11. The first kappa shape index (κ1) is 10.1. The topological polar surface area (TPSA) is 79.4 Å². The molecule has 0 saturated heterocycles. The van der Waals surface area contributed by atoms with E-state index in [2.05, 4.69) is 4.98 Å². The number of nitrogens with two attached hydrogens (primary N) is 1. The van der Waals surface area contributed by atoms with Crippen LogP contribution in [0.5, 0.6) is 0 Å². The van der Waals surface area contributed by atoms with Gasteiger partial charge in [0, 0.05) is 6.20 Å². The first-order valence-electron chi connectivity index (χ1n) is 4.14. The molecule has 72 valence electrons. The van der Waals surface area contributed by atoms with Crippen molar-refractivity contribution >= 4 is 0 Å². The maximum atomic E-state index is 9.19.